The molecule has 0 atom stereocenters. The van der Waals surface area contributed by atoms with Crippen LogP contribution in [0.25, 0.3) is 22.6 Å². The first kappa shape index (κ1) is 9.66. The molecule has 80 valence electrons. The SMILES string of the molecule is Cn1c(-c2ccco2)nc2ccc(Br)cc21. The van der Waals surface area contributed by atoms with Gasteiger partial charge in [-0.3, -0.25) is 0 Å². The molecule has 3 nitrogen and oxygen atoms in total. The van der Waals surface area contributed by atoms with E-state index in [1.54, 1.807) is 6.26 Å². The van der Waals surface area contributed by atoms with Gasteiger partial charge in [-0.1, -0.05) is 15.9 Å². The Labute approximate surface area is 101 Å². The average molecular weight is 277 g/mol. The van der Waals surface area contributed by atoms with E-state index in [0.717, 1.165) is 27.1 Å². The average Bonchev–Trinajstić information content (AvgIpc) is 2.87. The molecule has 0 bridgehead atoms. The van der Waals surface area contributed by atoms with Gasteiger partial charge in [0.05, 0.1) is 17.3 Å². The third-order valence-corrected chi connectivity index (χ3v) is 3.08. The third kappa shape index (κ3) is 1.38. The standard InChI is InChI=1S/C12H9BrN2O/c1-15-10-7-8(13)4-5-9(10)14-12(15)11-3-2-6-16-11/h2-7H,1H3. The third-order valence-electron chi connectivity index (χ3n) is 2.58. The number of hydrogen-bond donors (Lipinski definition) is 0. The molecule has 3 aromatic rings. The lowest BCUT2D eigenvalue weighted by Gasteiger charge is -1.98. The molecule has 0 saturated carbocycles. The molecule has 3 rings (SSSR count). The molecule has 0 saturated heterocycles. The van der Waals surface area contributed by atoms with E-state index in [4.69, 9.17) is 4.42 Å². The van der Waals surface area contributed by atoms with Gasteiger partial charge in [0.25, 0.3) is 0 Å². The van der Waals surface area contributed by atoms with Crippen LogP contribution in [0.4, 0.5) is 0 Å². The van der Waals surface area contributed by atoms with Gasteiger partial charge in [0, 0.05) is 11.5 Å². The van der Waals surface area contributed by atoms with Gasteiger partial charge in [-0.15, -0.1) is 0 Å². The molecule has 0 aliphatic heterocycles. The van der Waals surface area contributed by atoms with Crippen LogP contribution in [0.3, 0.4) is 0 Å². The molecule has 0 amide bonds. The quantitative estimate of drug-likeness (QED) is 0.680. The Balaban J connectivity index is 2.32. The molecule has 16 heavy (non-hydrogen) atoms. The minimum atomic E-state index is 0.787. The van der Waals surface area contributed by atoms with Crippen LogP contribution in [0.1, 0.15) is 0 Å². The fourth-order valence-electron chi connectivity index (χ4n) is 1.79. The summed E-state index contributed by atoms with van der Waals surface area (Å²) in [5.41, 5.74) is 2.05. The zero-order valence-corrected chi connectivity index (χ0v) is 10.2. The smallest absolute Gasteiger partial charge is 0.176 e. The van der Waals surface area contributed by atoms with E-state index in [1.165, 1.54) is 0 Å². The summed E-state index contributed by atoms with van der Waals surface area (Å²) in [4.78, 5) is 4.54. The van der Waals surface area contributed by atoms with Crippen LogP contribution < -0.4 is 0 Å². The number of aromatic nitrogens is 2. The largest absolute Gasteiger partial charge is 0.461 e. The maximum atomic E-state index is 5.37. The summed E-state index contributed by atoms with van der Waals surface area (Å²) in [5, 5.41) is 0. The lowest BCUT2D eigenvalue weighted by atomic mass is 10.3. The van der Waals surface area contributed by atoms with E-state index in [9.17, 15) is 0 Å². The van der Waals surface area contributed by atoms with E-state index in [2.05, 4.69) is 27.0 Å². The van der Waals surface area contributed by atoms with E-state index >= 15 is 0 Å². The molecule has 0 aliphatic rings. The zero-order valence-electron chi connectivity index (χ0n) is 8.64. The second kappa shape index (κ2) is 3.49. The number of hydrogen-bond acceptors (Lipinski definition) is 2. The molecule has 1 aromatic carbocycles. The van der Waals surface area contributed by atoms with Crippen molar-refractivity contribution in [2.24, 2.45) is 7.05 Å². The lowest BCUT2D eigenvalue weighted by molar-refractivity contribution is 0.574. The highest BCUT2D eigenvalue weighted by molar-refractivity contribution is 9.10. The van der Waals surface area contributed by atoms with Crippen molar-refractivity contribution in [3.8, 4) is 11.6 Å². The number of benzene rings is 1. The Morgan fingerprint density at radius 2 is 2.19 bits per heavy atom. The summed E-state index contributed by atoms with van der Waals surface area (Å²) in [6, 6.07) is 9.81. The number of furan rings is 1. The Morgan fingerprint density at radius 3 is 2.94 bits per heavy atom. The van der Waals surface area contributed by atoms with Crippen molar-refractivity contribution in [1.82, 2.24) is 9.55 Å². The predicted molar refractivity (Wildman–Crippen MR) is 66.1 cm³/mol. The monoisotopic (exact) mass is 276 g/mol. The first-order valence-electron chi connectivity index (χ1n) is 4.91. The van der Waals surface area contributed by atoms with Crippen LogP contribution in [0, 0.1) is 0 Å². The van der Waals surface area contributed by atoms with E-state index < -0.39 is 0 Å². The second-order valence-corrected chi connectivity index (χ2v) is 4.52. The molecule has 2 aromatic heterocycles. The number of fused-ring (bicyclic) bond motifs is 1. The summed E-state index contributed by atoms with van der Waals surface area (Å²) >= 11 is 3.46. The van der Waals surface area contributed by atoms with Crippen molar-refractivity contribution < 1.29 is 4.42 Å². The molecule has 0 radical (unpaired) electrons. The van der Waals surface area contributed by atoms with Crippen LogP contribution in [0.2, 0.25) is 0 Å². The van der Waals surface area contributed by atoms with Gasteiger partial charge in [-0.25, -0.2) is 4.98 Å². The fourth-order valence-corrected chi connectivity index (χ4v) is 2.14. The molecule has 0 fully saturated rings. The lowest BCUT2D eigenvalue weighted by Crippen LogP contribution is -1.90. The van der Waals surface area contributed by atoms with Crippen LogP contribution >= 0.6 is 15.9 Å². The summed E-state index contributed by atoms with van der Waals surface area (Å²) in [7, 11) is 1.99. The van der Waals surface area contributed by atoms with Gasteiger partial charge in [-0.05, 0) is 30.3 Å². The summed E-state index contributed by atoms with van der Waals surface area (Å²) in [5.74, 6) is 1.63. The van der Waals surface area contributed by atoms with Gasteiger partial charge in [-0.2, -0.15) is 0 Å². The number of aryl methyl sites for hydroxylation is 1. The minimum Gasteiger partial charge on any atom is -0.461 e. The molecule has 2 heterocycles. The molecule has 0 N–H and O–H groups in total. The molecule has 4 heteroatoms. The van der Waals surface area contributed by atoms with Crippen LogP contribution in [0.15, 0.2) is 45.5 Å². The van der Waals surface area contributed by atoms with Crippen molar-refractivity contribution in [2.75, 3.05) is 0 Å². The molecular formula is C12H9BrN2O. The van der Waals surface area contributed by atoms with E-state index in [1.807, 2.05) is 35.9 Å². The number of nitrogens with zero attached hydrogens (tertiary/aromatic N) is 2. The van der Waals surface area contributed by atoms with Crippen molar-refractivity contribution in [3.05, 3.63) is 41.1 Å². The normalized spacial score (nSPS) is 11.1. The topological polar surface area (TPSA) is 31.0 Å². The Morgan fingerprint density at radius 1 is 1.31 bits per heavy atom. The highest BCUT2D eigenvalue weighted by atomic mass is 79.9. The molecule has 0 aliphatic carbocycles. The van der Waals surface area contributed by atoms with Gasteiger partial charge >= 0.3 is 0 Å². The van der Waals surface area contributed by atoms with E-state index in [-0.39, 0.29) is 0 Å². The van der Waals surface area contributed by atoms with Gasteiger partial charge < -0.3 is 8.98 Å². The Hall–Kier alpha value is -1.55. The minimum absolute atomic E-state index is 0.787. The number of halogens is 1. The maximum Gasteiger partial charge on any atom is 0.176 e. The predicted octanol–water partition coefficient (Wildman–Crippen LogP) is 3.60. The molecule has 0 unspecified atom stereocenters. The molecule has 0 spiro atoms. The highest BCUT2D eigenvalue weighted by Gasteiger charge is 2.11. The van der Waals surface area contributed by atoms with Crippen molar-refractivity contribution in [2.45, 2.75) is 0 Å². The van der Waals surface area contributed by atoms with Crippen LogP contribution in [-0.4, -0.2) is 9.55 Å². The molecular weight excluding hydrogens is 268 g/mol. The summed E-state index contributed by atoms with van der Waals surface area (Å²) in [6.45, 7) is 0. The first-order chi connectivity index (χ1) is 7.75. The van der Waals surface area contributed by atoms with Gasteiger partial charge in [0.1, 0.15) is 0 Å². The van der Waals surface area contributed by atoms with Crippen molar-refractivity contribution >= 4 is 27.0 Å². The Bertz CT molecular complexity index is 640. The highest BCUT2D eigenvalue weighted by Crippen LogP contribution is 2.25. The Kier molecular flexibility index (Phi) is 2.11. The van der Waals surface area contributed by atoms with Crippen molar-refractivity contribution in [3.63, 3.8) is 0 Å². The van der Waals surface area contributed by atoms with Gasteiger partial charge in [0.2, 0.25) is 0 Å². The zero-order chi connectivity index (χ0) is 11.1. The van der Waals surface area contributed by atoms with E-state index in [0.29, 0.717) is 0 Å². The number of rotatable bonds is 1. The van der Waals surface area contributed by atoms with Crippen molar-refractivity contribution in [1.29, 1.82) is 0 Å². The van der Waals surface area contributed by atoms with Crippen LogP contribution in [-0.2, 0) is 7.05 Å². The summed E-state index contributed by atoms with van der Waals surface area (Å²) < 4.78 is 8.44. The number of imidazole rings is 1. The maximum absolute atomic E-state index is 5.37. The fraction of sp³-hybridized carbons (Fsp3) is 0.0833. The van der Waals surface area contributed by atoms with Gasteiger partial charge in [0.15, 0.2) is 11.6 Å². The first-order valence-corrected chi connectivity index (χ1v) is 5.71. The summed E-state index contributed by atoms with van der Waals surface area (Å²) in [6.07, 6.45) is 1.66. The van der Waals surface area contributed by atoms with Crippen LogP contribution in [0.5, 0.6) is 0 Å². The second-order valence-electron chi connectivity index (χ2n) is 3.60.